The monoisotopic (exact) mass is 372 g/mol. The zero-order valence-electron chi connectivity index (χ0n) is 15.1. The number of sulfonamides is 1. The highest BCUT2D eigenvalue weighted by Gasteiger charge is 2.22. The van der Waals surface area contributed by atoms with Crippen LogP contribution >= 0.6 is 0 Å². The fraction of sp³-hybridized carbons (Fsp3) is 0.350. The molecule has 1 fully saturated rings. The van der Waals surface area contributed by atoms with E-state index >= 15 is 0 Å². The Labute approximate surface area is 155 Å². The van der Waals surface area contributed by atoms with Crippen LogP contribution in [0.15, 0.2) is 53.4 Å². The second-order valence-corrected chi connectivity index (χ2v) is 8.68. The zero-order valence-corrected chi connectivity index (χ0v) is 15.9. The third-order valence-corrected chi connectivity index (χ3v) is 6.06. The molecule has 2 aromatic rings. The first-order valence-corrected chi connectivity index (χ1v) is 10.3. The molecule has 0 bridgehead atoms. The number of nitrogens with zero attached hydrogens (tertiary/aromatic N) is 1. The van der Waals surface area contributed by atoms with Crippen molar-refractivity contribution >= 4 is 21.6 Å². The molecule has 1 N–H and O–H groups in total. The van der Waals surface area contributed by atoms with Crippen LogP contribution in [0.3, 0.4) is 0 Å². The Morgan fingerprint density at radius 1 is 1.08 bits per heavy atom. The van der Waals surface area contributed by atoms with Gasteiger partial charge in [-0.25, -0.2) is 8.42 Å². The van der Waals surface area contributed by atoms with Crippen molar-refractivity contribution in [3.05, 3.63) is 59.7 Å². The molecule has 0 spiro atoms. The van der Waals surface area contributed by atoms with Crippen LogP contribution < -0.4 is 4.72 Å². The van der Waals surface area contributed by atoms with E-state index in [9.17, 15) is 13.2 Å². The number of hydrogen-bond acceptors (Lipinski definition) is 3. The number of aryl methyl sites for hydroxylation is 1. The Morgan fingerprint density at radius 3 is 2.35 bits per heavy atom. The van der Waals surface area contributed by atoms with Gasteiger partial charge in [-0.3, -0.25) is 9.52 Å². The van der Waals surface area contributed by atoms with Gasteiger partial charge < -0.3 is 4.90 Å². The highest BCUT2D eigenvalue weighted by Crippen LogP contribution is 2.20. The van der Waals surface area contributed by atoms with Crippen molar-refractivity contribution in [3.8, 4) is 0 Å². The van der Waals surface area contributed by atoms with Gasteiger partial charge in [-0.1, -0.05) is 24.6 Å². The third-order valence-electron chi connectivity index (χ3n) is 4.66. The molecule has 1 heterocycles. The molecule has 5 nitrogen and oxygen atoms in total. The van der Waals surface area contributed by atoms with Gasteiger partial charge in [0.15, 0.2) is 0 Å². The molecule has 6 heteroatoms. The van der Waals surface area contributed by atoms with E-state index in [0.29, 0.717) is 17.2 Å². The number of likely N-dealkylation sites (tertiary alicyclic amines) is 1. The maximum atomic E-state index is 12.6. The van der Waals surface area contributed by atoms with E-state index in [1.807, 2.05) is 11.8 Å². The molecule has 1 unspecified atom stereocenters. The number of benzene rings is 2. The van der Waals surface area contributed by atoms with Gasteiger partial charge in [0.25, 0.3) is 15.9 Å². The average molecular weight is 372 g/mol. The Morgan fingerprint density at radius 2 is 1.73 bits per heavy atom. The molecule has 1 aliphatic rings. The van der Waals surface area contributed by atoms with Crippen LogP contribution in [0.5, 0.6) is 0 Å². The second kappa shape index (κ2) is 7.50. The third kappa shape index (κ3) is 4.25. The van der Waals surface area contributed by atoms with Gasteiger partial charge in [-0.15, -0.1) is 0 Å². The molecule has 2 aromatic carbocycles. The van der Waals surface area contributed by atoms with Crippen LogP contribution in [0.1, 0.15) is 35.7 Å². The van der Waals surface area contributed by atoms with Crippen LogP contribution in [0.4, 0.5) is 5.69 Å². The molecule has 1 amide bonds. The summed E-state index contributed by atoms with van der Waals surface area (Å²) in [5, 5.41) is 0. The summed E-state index contributed by atoms with van der Waals surface area (Å²) in [7, 11) is -3.64. The first-order valence-electron chi connectivity index (χ1n) is 8.84. The summed E-state index contributed by atoms with van der Waals surface area (Å²) in [5.41, 5.74) is 2.02. The molecule has 1 atom stereocenters. The Kier molecular flexibility index (Phi) is 5.32. The van der Waals surface area contributed by atoms with E-state index in [2.05, 4.69) is 11.6 Å². The van der Waals surface area contributed by atoms with Gasteiger partial charge in [0.05, 0.1) is 4.90 Å². The van der Waals surface area contributed by atoms with Crippen molar-refractivity contribution in [1.82, 2.24) is 4.90 Å². The molecular weight excluding hydrogens is 348 g/mol. The van der Waals surface area contributed by atoms with Gasteiger partial charge in [-0.2, -0.15) is 0 Å². The van der Waals surface area contributed by atoms with E-state index < -0.39 is 10.0 Å². The maximum Gasteiger partial charge on any atom is 0.261 e. The van der Waals surface area contributed by atoms with Crippen molar-refractivity contribution in [2.45, 2.75) is 31.6 Å². The quantitative estimate of drug-likeness (QED) is 0.890. The van der Waals surface area contributed by atoms with Gasteiger partial charge in [-0.05, 0) is 62.1 Å². The van der Waals surface area contributed by atoms with Gasteiger partial charge in [0, 0.05) is 24.3 Å². The molecule has 0 radical (unpaired) electrons. The van der Waals surface area contributed by atoms with Crippen LogP contribution in [0.25, 0.3) is 0 Å². The lowest BCUT2D eigenvalue weighted by Crippen LogP contribution is -2.39. The van der Waals surface area contributed by atoms with Gasteiger partial charge >= 0.3 is 0 Å². The minimum atomic E-state index is -3.64. The molecule has 0 saturated carbocycles. The Bertz CT molecular complexity index is 874. The van der Waals surface area contributed by atoms with Gasteiger partial charge in [0.1, 0.15) is 0 Å². The Balaban J connectivity index is 1.71. The number of rotatable bonds is 4. The summed E-state index contributed by atoms with van der Waals surface area (Å²) in [5.74, 6) is 0.526. The van der Waals surface area contributed by atoms with E-state index in [-0.39, 0.29) is 10.8 Å². The highest BCUT2D eigenvalue weighted by molar-refractivity contribution is 7.92. The molecular formula is C20H24N2O3S. The summed E-state index contributed by atoms with van der Waals surface area (Å²) in [4.78, 5) is 14.7. The largest absolute Gasteiger partial charge is 0.338 e. The number of hydrogen-bond donors (Lipinski definition) is 1. The fourth-order valence-electron chi connectivity index (χ4n) is 3.17. The summed E-state index contributed by atoms with van der Waals surface area (Å²) in [6.45, 7) is 5.62. The molecule has 1 saturated heterocycles. The molecule has 0 aliphatic carbocycles. The molecule has 3 rings (SSSR count). The smallest absolute Gasteiger partial charge is 0.261 e. The summed E-state index contributed by atoms with van der Waals surface area (Å²) in [6, 6.07) is 13.3. The Hall–Kier alpha value is -2.34. The number of carbonyl (C=O) groups excluding carboxylic acids is 1. The lowest BCUT2D eigenvalue weighted by Gasteiger charge is -2.31. The lowest BCUT2D eigenvalue weighted by atomic mass is 9.99. The van der Waals surface area contributed by atoms with Crippen molar-refractivity contribution in [3.63, 3.8) is 0 Å². The molecule has 138 valence electrons. The fourth-order valence-corrected chi connectivity index (χ4v) is 4.23. The van der Waals surface area contributed by atoms with Crippen molar-refractivity contribution < 1.29 is 13.2 Å². The van der Waals surface area contributed by atoms with Crippen molar-refractivity contribution in [2.24, 2.45) is 5.92 Å². The number of nitrogens with one attached hydrogen (secondary N) is 1. The SMILES string of the molecule is Cc1ccc(S(=O)(=O)Nc2ccc(C(=O)N3CCCC(C)C3)cc2)cc1. The topological polar surface area (TPSA) is 66.5 Å². The summed E-state index contributed by atoms with van der Waals surface area (Å²) >= 11 is 0. The van der Waals surface area contributed by atoms with E-state index in [1.165, 1.54) is 0 Å². The molecule has 0 aromatic heterocycles. The zero-order chi connectivity index (χ0) is 18.7. The summed E-state index contributed by atoms with van der Waals surface area (Å²) < 4.78 is 27.4. The predicted octanol–water partition coefficient (Wildman–Crippen LogP) is 3.67. The number of carbonyl (C=O) groups is 1. The van der Waals surface area contributed by atoms with Crippen molar-refractivity contribution in [2.75, 3.05) is 17.8 Å². The van der Waals surface area contributed by atoms with Crippen molar-refractivity contribution in [1.29, 1.82) is 0 Å². The van der Waals surface area contributed by atoms with E-state index in [4.69, 9.17) is 0 Å². The first-order chi connectivity index (χ1) is 12.3. The van der Waals surface area contributed by atoms with Gasteiger partial charge in [0.2, 0.25) is 0 Å². The van der Waals surface area contributed by atoms with Crippen LogP contribution in [0.2, 0.25) is 0 Å². The highest BCUT2D eigenvalue weighted by atomic mass is 32.2. The maximum absolute atomic E-state index is 12.6. The van der Waals surface area contributed by atoms with Crippen LogP contribution in [0, 0.1) is 12.8 Å². The normalized spacial score (nSPS) is 17.8. The second-order valence-electron chi connectivity index (χ2n) is 6.99. The van der Waals surface area contributed by atoms with E-state index in [1.54, 1.807) is 48.5 Å². The molecule has 1 aliphatic heterocycles. The number of anilines is 1. The van der Waals surface area contributed by atoms with Crippen LogP contribution in [-0.4, -0.2) is 32.3 Å². The molecule has 26 heavy (non-hydrogen) atoms. The number of amides is 1. The number of piperidine rings is 1. The minimum Gasteiger partial charge on any atom is -0.338 e. The van der Waals surface area contributed by atoms with E-state index in [0.717, 1.165) is 31.5 Å². The standard InChI is InChI=1S/C20H24N2O3S/c1-15-5-11-19(12-6-15)26(24,25)21-18-9-7-17(8-10-18)20(23)22-13-3-4-16(2)14-22/h5-12,16,21H,3-4,13-14H2,1-2H3. The minimum absolute atomic E-state index is 0.00416. The average Bonchev–Trinajstić information content (AvgIpc) is 2.62. The summed E-state index contributed by atoms with van der Waals surface area (Å²) in [6.07, 6.45) is 2.19. The lowest BCUT2D eigenvalue weighted by molar-refractivity contribution is 0.0683. The predicted molar refractivity (Wildman–Crippen MR) is 103 cm³/mol. The van der Waals surface area contributed by atoms with Crippen LogP contribution in [-0.2, 0) is 10.0 Å². The first kappa shape index (κ1) is 18.5.